The first-order valence-electron chi connectivity index (χ1n) is 10.0. The lowest BCUT2D eigenvalue weighted by molar-refractivity contribution is -0.131. The average molecular weight is 459 g/mol. The zero-order valence-electron chi connectivity index (χ0n) is 17.1. The van der Waals surface area contributed by atoms with E-state index in [1.54, 1.807) is 13.2 Å². The van der Waals surface area contributed by atoms with Crippen LogP contribution in [-0.2, 0) is 16.0 Å². The van der Waals surface area contributed by atoms with Crippen molar-refractivity contribution in [1.82, 2.24) is 19.6 Å². The quantitative estimate of drug-likeness (QED) is 0.574. The third kappa shape index (κ3) is 4.91. The number of methoxy groups -OCH3 is 1. The number of carbonyl (C=O) groups excluding carboxylic acids is 2. The Balaban J connectivity index is 1.28. The summed E-state index contributed by atoms with van der Waals surface area (Å²) in [5, 5.41) is 5.30. The number of benzene rings is 1. The monoisotopic (exact) mass is 458 g/mol. The molecule has 0 spiro atoms. The number of amides is 2. The van der Waals surface area contributed by atoms with Gasteiger partial charge in [-0.05, 0) is 25.0 Å². The van der Waals surface area contributed by atoms with Gasteiger partial charge in [0.15, 0.2) is 10.1 Å². The molecule has 0 unspecified atom stereocenters. The van der Waals surface area contributed by atoms with Crippen molar-refractivity contribution >= 4 is 45.8 Å². The molecule has 9 heteroatoms. The molecule has 2 aromatic heterocycles. The largest absolute Gasteiger partial charge is 0.496 e. The number of thiazole rings is 1. The van der Waals surface area contributed by atoms with E-state index >= 15 is 0 Å². The van der Waals surface area contributed by atoms with Crippen LogP contribution >= 0.6 is 22.9 Å². The normalized spacial score (nSPS) is 15.0. The Morgan fingerprint density at radius 2 is 2.10 bits per heavy atom. The van der Waals surface area contributed by atoms with Gasteiger partial charge in [0.1, 0.15) is 5.75 Å². The Morgan fingerprint density at radius 3 is 2.87 bits per heavy atom. The van der Waals surface area contributed by atoms with Crippen LogP contribution in [0.25, 0.3) is 11.0 Å². The van der Waals surface area contributed by atoms with Gasteiger partial charge in [-0.15, -0.1) is 11.3 Å². The molecule has 2 amide bonds. The van der Waals surface area contributed by atoms with Crippen molar-refractivity contribution in [2.24, 2.45) is 0 Å². The van der Waals surface area contributed by atoms with Gasteiger partial charge in [-0.1, -0.05) is 29.8 Å². The van der Waals surface area contributed by atoms with Gasteiger partial charge in [-0.3, -0.25) is 14.0 Å². The summed E-state index contributed by atoms with van der Waals surface area (Å²) in [6.07, 6.45) is 6.78. The number of piperidine rings is 1. The lowest BCUT2D eigenvalue weighted by atomic mass is 10.0. The Labute approximate surface area is 189 Å². The first-order chi connectivity index (χ1) is 15.0. The number of para-hydroxylation sites is 1. The molecule has 31 heavy (non-hydrogen) atoms. The topological polar surface area (TPSA) is 75.9 Å². The highest BCUT2D eigenvalue weighted by Crippen LogP contribution is 2.23. The summed E-state index contributed by atoms with van der Waals surface area (Å²) in [5.41, 5.74) is 1.57. The molecule has 1 N–H and O–H groups in total. The molecule has 3 aromatic rings. The molecule has 0 atom stereocenters. The predicted molar refractivity (Wildman–Crippen MR) is 122 cm³/mol. The fraction of sp³-hybridized carbons (Fsp3) is 0.318. The van der Waals surface area contributed by atoms with Crippen LogP contribution in [0.3, 0.4) is 0 Å². The van der Waals surface area contributed by atoms with Crippen molar-refractivity contribution in [3.8, 4) is 5.75 Å². The molecular formula is C22H23ClN4O3S. The van der Waals surface area contributed by atoms with Gasteiger partial charge in [-0.2, -0.15) is 0 Å². The van der Waals surface area contributed by atoms with Crippen LogP contribution in [0.4, 0.5) is 0 Å². The van der Waals surface area contributed by atoms with E-state index in [-0.39, 0.29) is 17.9 Å². The summed E-state index contributed by atoms with van der Waals surface area (Å²) in [6, 6.07) is 7.60. The number of fused-ring (bicyclic) bond motifs is 1. The molecule has 0 bridgehead atoms. The smallest absolute Gasteiger partial charge is 0.244 e. The summed E-state index contributed by atoms with van der Waals surface area (Å²) in [5.74, 6) is 0.618. The van der Waals surface area contributed by atoms with E-state index in [0.29, 0.717) is 30.4 Å². The third-order valence-electron chi connectivity index (χ3n) is 5.37. The maximum Gasteiger partial charge on any atom is 0.244 e. The first-order valence-corrected chi connectivity index (χ1v) is 11.3. The van der Waals surface area contributed by atoms with Crippen LogP contribution in [0.15, 0.2) is 41.9 Å². The number of nitrogens with one attached hydrogen (secondary N) is 1. The molecule has 1 saturated heterocycles. The standard InChI is InChI=1S/C22H23ClN4O3S/c1-30-18-5-3-2-4-15(18)14-20(29)26-10-8-16(9-11-26)24-19(28)7-6-17-21(23)25-22-27(17)12-13-31-22/h2-7,12-13,16H,8-11,14H2,1H3,(H,24,28)/b7-6+. The second-order valence-corrected chi connectivity index (χ2v) is 8.56. The number of ether oxygens (including phenoxy) is 1. The summed E-state index contributed by atoms with van der Waals surface area (Å²) in [6.45, 7) is 1.24. The van der Waals surface area contributed by atoms with Gasteiger partial charge in [-0.25, -0.2) is 4.98 Å². The maximum absolute atomic E-state index is 12.7. The Bertz CT molecular complexity index is 1120. The highest BCUT2D eigenvalue weighted by molar-refractivity contribution is 7.15. The SMILES string of the molecule is COc1ccccc1CC(=O)N1CCC(NC(=O)/C=C/c2c(Cl)nc3sccn23)CC1. The van der Waals surface area contributed by atoms with Gasteiger partial charge in [0.2, 0.25) is 11.8 Å². The Kier molecular flexibility index (Phi) is 6.58. The molecule has 1 aromatic carbocycles. The Hall–Kier alpha value is -2.84. The summed E-state index contributed by atoms with van der Waals surface area (Å²) < 4.78 is 7.18. The molecule has 162 valence electrons. The second-order valence-electron chi connectivity index (χ2n) is 7.33. The number of nitrogens with zero attached hydrogens (tertiary/aromatic N) is 3. The van der Waals surface area contributed by atoms with Gasteiger partial charge >= 0.3 is 0 Å². The maximum atomic E-state index is 12.7. The van der Waals surface area contributed by atoms with Crippen LogP contribution in [0.5, 0.6) is 5.75 Å². The number of imidazole rings is 1. The molecule has 0 radical (unpaired) electrons. The lowest BCUT2D eigenvalue weighted by Gasteiger charge is -2.32. The third-order valence-corrected chi connectivity index (χ3v) is 6.41. The minimum absolute atomic E-state index is 0.0366. The minimum atomic E-state index is -0.181. The molecule has 1 fully saturated rings. The molecule has 0 saturated carbocycles. The van der Waals surface area contributed by atoms with Crippen LogP contribution < -0.4 is 10.1 Å². The molecule has 4 rings (SSSR count). The van der Waals surface area contributed by atoms with Crippen molar-refractivity contribution < 1.29 is 14.3 Å². The van der Waals surface area contributed by atoms with E-state index < -0.39 is 0 Å². The van der Waals surface area contributed by atoms with Gasteiger partial charge in [0.05, 0.1) is 19.2 Å². The van der Waals surface area contributed by atoms with Crippen molar-refractivity contribution in [3.05, 3.63) is 58.3 Å². The second kappa shape index (κ2) is 9.53. The number of halogens is 1. The van der Waals surface area contributed by atoms with Crippen molar-refractivity contribution in [1.29, 1.82) is 0 Å². The predicted octanol–water partition coefficient (Wildman–Crippen LogP) is 3.42. The number of hydrogen-bond acceptors (Lipinski definition) is 5. The minimum Gasteiger partial charge on any atom is -0.496 e. The summed E-state index contributed by atoms with van der Waals surface area (Å²) in [7, 11) is 1.61. The average Bonchev–Trinajstić information content (AvgIpc) is 3.33. The zero-order chi connectivity index (χ0) is 21.8. The van der Waals surface area contributed by atoms with E-state index in [1.807, 2.05) is 45.1 Å². The van der Waals surface area contributed by atoms with Crippen LogP contribution in [0, 0.1) is 0 Å². The van der Waals surface area contributed by atoms with Crippen LogP contribution in [0.2, 0.25) is 5.15 Å². The first kappa shape index (κ1) is 21.4. The molecule has 7 nitrogen and oxygen atoms in total. The number of likely N-dealkylation sites (tertiary alicyclic amines) is 1. The fourth-order valence-corrected chi connectivity index (χ4v) is 4.73. The van der Waals surface area contributed by atoms with E-state index in [1.165, 1.54) is 17.4 Å². The number of rotatable bonds is 6. The van der Waals surface area contributed by atoms with Crippen LogP contribution in [0.1, 0.15) is 24.1 Å². The summed E-state index contributed by atoms with van der Waals surface area (Å²) >= 11 is 7.64. The van der Waals surface area contributed by atoms with Gasteiger partial charge in [0.25, 0.3) is 0 Å². The van der Waals surface area contributed by atoms with E-state index in [2.05, 4.69) is 10.3 Å². The molecule has 1 aliphatic heterocycles. The fourth-order valence-electron chi connectivity index (χ4n) is 3.73. The van der Waals surface area contributed by atoms with Crippen molar-refractivity contribution in [3.63, 3.8) is 0 Å². The highest BCUT2D eigenvalue weighted by Gasteiger charge is 2.24. The molecule has 1 aliphatic rings. The number of hydrogen-bond donors (Lipinski definition) is 1. The van der Waals surface area contributed by atoms with E-state index in [4.69, 9.17) is 16.3 Å². The Morgan fingerprint density at radius 1 is 1.32 bits per heavy atom. The highest BCUT2D eigenvalue weighted by atomic mass is 35.5. The number of aromatic nitrogens is 2. The van der Waals surface area contributed by atoms with Gasteiger partial charge in [0, 0.05) is 42.3 Å². The summed E-state index contributed by atoms with van der Waals surface area (Å²) in [4.78, 5) is 31.9. The van der Waals surface area contributed by atoms with Crippen LogP contribution in [-0.4, -0.2) is 52.3 Å². The molecule has 0 aliphatic carbocycles. The van der Waals surface area contributed by atoms with Crippen molar-refractivity contribution in [2.45, 2.75) is 25.3 Å². The zero-order valence-corrected chi connectivity index (χ0v) is 18.7. The van der Waals surface area contributed by atoms with Gasteiger partial charge < -0.3 is 15.0 Å². The van der Waals surface area contributed by atoms with E-state index in [9.17, 15) is 9.59 Å². The molecule has 3 heterocycles. The number of carbonyl (C=O) groups is 2. The van der Waals surface area contributed by atoms with E-state index in [0.717, 1.165) is 29.1 Å². The lowest BCUT2D eigenvalue weighted by Crippen LogP contribution is -2.46. The van der Waals surface area contributed by atoms with Crippen molar-refractivity contribution in [2.75, 3.05) is 20.2 Å². The molecular weight excluding hydrogens is 436 g/mol.